The number of hydrogen-bond donors (Lipinski definition) is 1. The van der Waals surface area contributed by atoms with Crippen LogP contribution in [0, 0.1) is 18.6 Å². The van der Waals surface area contributed by atoms with Crippen LogP contribution >= 0.6 is 22.9 Å². The molecule has 0 saturated carbocycles. The van der Waals surface area contributed by atoms with Crippen molar-refractivity contribution in [1.29, 1.82) is 0 Å². The number of carbonyl (C=O) groups excluding carboxylic acids is 1. The molecule has 0 aliphatic carbocycles. The highest BCUT2D eigenvalue weighted by Gasteiger charge is 2.13. The fourth-order valence-electron chi connectivity index (χ4n) is 2.33. The smallest absolute Gasteiger partial charge is 0.258 e. The van der Waals surface area contributed by atoms with Crippen molar-refractivity contribution >= 4 is 39.9 Å². The molecule has 0 bridgehead atoms. The monoisotopic (exact) mass is 436 g/mol. The third-order valence-corrected chi connectivity index (χ3v) is 4.93. The zero-order chi connectivity index (χ0) is 21.6. The lowest BCUT2D eigenvalue weighted by atomic mass is 10.1. The quantitative estimate of drug-likeness (QED) is 0.384. The number of fused-ring (bicyclic) bond motifs is 1. The molecule has 0 aliphatic heterocycles. The van der Waals surface area contributed by atoms with Gasteiger partial charge in [-0.25, -0.2) is 13.8 Å². The van der Waals surface area contributed by atoms with Gasteiger partial charge >= 0.3 is 0 Å². The van der Waals surface area contributed by atoms with Crippen molar-refractivity contribution in [3.05, 3.63) is 76.0 Å². The second kappa shape index (κ2) is 10.1. The number of oxazole rings is 1. The molecule has 0 saturated heterocycles. The molecule has 0 aliphatic rings. The van der Waals surface area contributed by atoms with Crippen molar-refractivity contribution < 1.29 is 18.0 Å². The van der Waals surface area contributed by atoms with Gasteiger partial charge < -0.3 is 10.2 Å². The van der Waals surface area contributed by atoms with Crippen LogP contribution in [0.15, 0.2) is 52.9 Å². The Morgan fingerprint density at radius 1 is 1.10 bits per heavy atom. The van der Waals surface area contributed by atoms with Crippen LogP contribution in [0.5, 0.6) is 0 Å². The molecular formula is C21H19ClF2N2O2S. The van der Waals surface area contributed by atoms with Crippen LogP contribution in [0.2, 0.25) is 5.02 Å². The maximum atomic E-state index is 11.9. The first-order valence-corrected chi connectivity index (χ1v) is 9.90. The summed E-state index contributed by atoms with van der Waals surface area (Å²) in [6.45, 7) is 5.78. The summed E-state index contributed by atoms with van der Waals surface area (Å²) in [5.74, 6) is -0.925. The minimum absolute atomic E-state index is 0.441. The maximum absolute atomic E-state index is 11.9. The molecule has 0 radical (unpaired) electrons. The van der Waals surface area contributed by atoms with E-state index >= 15 is 0 Å². The van der Waals surface area contributed by atoms with E-state index in [-0.39, 0.29) is 0 Å². The highest BCUT2D eigenvalue weighted by Crippen LogP contribution is 2.36. The maximum Gasteiger partial charge on any atom is 0.258 e. The number of primary amides is 1. The van der Waals surface area contributed by atoms with E-state index in [1.807, 2.05) is 26.0 Å². The SMILES string of the molecule is CC.Cc1nc2cc(Cl)c(-c3ccc(C(N)=O)s3)cc2o1.Fc1cccc(F)c1. The van der Waals surface area contributed by atoms with E-state index < -0.39 is 17.5 Å². The number of carbonyl (C=O) groups is 1. The molecule has 0 spiro atoms. The normalized spacial score (nSPS) is 10.0. The summed E-state index contributed by atoms with van der Waals surface area (Å²) in [7, 11) is 0. The molecule has 4 aromatic rings. The number of halogens is 3. The van der Waals surface area contributed by atoms with Gasteiger partial charge in [0.2, 0.25) is 0 Å². The zero-order valence-corrected chi connectivity index (χ0v) is 17.6. The molecule has 0 unspecified atom stereocenters. The number of aromatic nitrogens is 1. The molecule has 4 nitrogen and oxygen atoms in total. The third kappa shape index (κ3) is 5.85. The number of benzene rings is 2. The van der Waals surface area contributed by atoms with E-state index in [0.717, 1.165) is 22.0 Å². The van der Waals surface area contributed by atoms with Crippen LogP contribution in [0.3, 0.4) is 0 Å². The number of nitrogens with two attached hydrogens (primary N) is 1. The first-order chi connectivity index (χ1) is 13.8. The Morgan fingerprint density at radius 2 is 1.76 bits per heavy atom. The molecule has 152 valence electrons. The van der Waals surface area contributed by atoms with Crippen molar-refractivity contribution in [2.75, 3.05) is 0 Å². The van der Waals surface area contributed by atoms with E-state index in [0.29, 0.717) is 21.4 Å². The fourth-order valence-corrected chi connectivity index (χ4v) is 3.53. The predicted octanol–water partition coefficient (Wildman–Crippen LogP) is 6.61. The summed E-state index contributed by atoms with van der Waals surface area (Å²) in [6.07, 6.45) is 0. The molecule has 0 atom stereocenters. The molecule has 2 aromatic heterocycles. The van der Waals surface area contributed by atoms with Gasteiger partial charge in [0, 0.05) is 23.4 Å². The molecule has 2 aromatic carbocycles. The molecule has 4 rings (SSSR count). The van der Waals surface area contributed by atoms with Gasteiger partial charge in [0.25, 0.3) is 5.91 Å². The summed E-state index contributed by atoms with van der Waals surface area (Å²) in [5.41, 5.74) is 7.45. The van der Waals surface area contributed by atoms with Crippen LogP contribution in [-0.4, -0.2) is 10.9 Å². The van der Waals surface area contributed by atoms with Gasteiger partial charge in [-0.2, -0.15) is 0 Å². The van der Waals surface area contributed by atoms with Gasteiger partial charge in [-0.15, -0.1) is 11.3 Å². The molecule has 0 fully saturated rings. The molecule has 29 heavy (non-hydrogen) atoms. The van der Waals surface area contributed by atoms with Crippen LogP contribution in [0.4, 0.5) is 8.78 Å². The van der Waals surface area contributed by atoms with Gasteiger partial charge in [0.1, 0.15) is 17.2 Å². The topological polar surface area (TPSA) is 69.1 Å². The third-order valence-electron chi connectivity index (χ3n) is 3.49. The molecule has 2 N–H and O–H groups in total. The molecule has 8 heteroatoms. The summed E-state index contributed by atoms with van der Waals surface area (Å²) in [5, 5.41) is 0.568. The van der Waals surface area contributed by atoms with Crippen molar-refractivity contribution in [3.63, 3.8) is 0 Å². The highest BCUT2D eigenvalue weighted by molar-refractivity contribution is 7.17. The Hall–Kier alpha value is -2.77. The predicted molar refractivity (Wildman–Crippen MR) is 113 cm³/mol. The van der Waals surface area contributed by atoms with Gasteiger partial charge in [-0.3, -0.25) is 4.79 Å². The van der Waals surface area contributed by atoms with E-state index in [2.05, 4.69) is 4.98 Å². The Labute approximate surface area is 175 Å². The fraction of sp³-hybridized carbons (Fsp3) is 0.143. The number of nitrogens with zero attached hydrogens (tertiary/aromatic N) is 1. The standard InChI is InChI=1S/C13H9ClN2O2S.C6H4F2.C2H6/c1-6-16-9-5-8(14)7(4-10(9)18-6)11-2-3-12(19-11)13(15)17;7-5-2-1-3-6(8)4-5;1-2/h2-5H,1H3,(H2,15,17);1-4H;1-2H3. The number of amides is 1. The van der Waals surface area contributed by atoms with Gasteiger partial charge in [-0.1, -0.05) is 31.5 Å². The van der Waals surface area contributed by atoms with E-state index in [1.165, 1.54) is 29.5 Å². The van der Waals surface area contributed by atoms with E-state index in [9.17, 15) is 13.6 Å². The minimum Gasteiger partial charge on any atom is -0.441 e. The van der Waals surface area contributed by atoms with Gasteiger partial charge in [-0.05, 0) is 36.4 Å². The second-order valence-corrected chi connectivity index (χ2v) is 6.99. The summed E-state index contributed by atoms with van der Waals surface area (Å²) >= 11 is 7.55. The molecular weight excluding hydrogens is 418 g/mol. The van der Waals surface area contributed by atoms with Gasteiger partial charge in [0.15, 0.2) is 11.5 Å². The van der Waals surface area contributed by atoms with Gasteiger partial charge in [0.05, 0.1) is 9.90 Å². The van der Waals surface area contributed by atoms with Crippen molar-refractivity contribution in [1.82, 2.24) is 4.98 Å². The lowest BCUT2D eigenvalue weighted by molar-refractivity contribution is 0.100. The minimum atomic E-state index is -0.537. The summed E-state index contributed by atoms with van der Waals surface area (Å²) < 4.78 is 29.3. The van der Waals surface area contributed by atoms with Crippen molar-refractivity contribution in [2.45, 2.75) is 20.8 Å². The van der Waals surface area contributed by atoms with Crippen molar-refractivity contribution in [2.24, 2.45) is 5.73 Å². The first-order valence-electron chi connectivity index (χ1n) is 8.71. The highest BCUT2D eigenvalue weighted by atomic mass is 35.5. The molecule has 1 amide bonds. The van der Waals surface area contributed by atoms with Crippen molar-refractivity contribution in [3.8, 4) is 10.4 Å². The van der Waals surface area contributed by atoms with Crippen LogP contribution in [0.25, 0.3) is 21.5 Å². The van der Waals surface area contributed by atoms with E-state index in [4.69, 9.17) is 21.8 Å². The number of hydrogen-bond acceptors (Lipinski definition) is 4. The number of thiophene rings is 1. The largest absolute Gasteiger partial charge is 0.441 e. The first kappa shape index (κ1) is 22.5. The Kier molecular flexibility index (Phi) is 7.87. The average Bonchev–Trinajstić information content (AvgIpc) is 3.29. The van der Waals surface area contributed by atoms with Crippen LogP contribution in [0.1, 0.15) is 29.4 Å². The molecule has 2 heterocycles. The summed E-state index contributed by atoms with van der Waals surface area (Å²) in [4.78, 5) is 16.7. The number of aryl methyl sites for hydroxylation is 1. The zero-order valence-electron chi connectivity index (χ0n) is 16.0. The Morgan fingerprint density at radius 3 is 2.28 bits per heavy atom. The Bertz CT molecular complexity index is 1110. The lowest BCUT2D eigenvalue weighted by Gasteiger charge is -2.00. The van der Waals surface area contributed by atoms with Crippen LogP contribution < -0.4 is 5.73 Å². The average molecular weight is 437 g/mol. The lowest BCUT2D eigenvalue weighted by Crippen LogP contribution is -2.07. The Balaban J connectivity index is 0.000000252. The summed E-state index contributed by atoms with van der Waals surface area (Å²) in [6, 6.07) is 11.6. The number of rotatable bonds is 2. The second-order valence-electron chi connectivity index (χ2n) is 5.50. The van der Waals surface area contributed by atoms with Crippen LogP contribution in [-0.2, 0) is 0 Å². The van der Waals surface area contributed by atoms with E-state index in [1.54, 1.807) is 19.1 Å².